The highest BCUT2D eigenvalue weighted by molar-refractivity contribution is 5.68. The van der Waals surface area contributed by atoms with Gasteiger partial charge in [-0.25, -0.2) is 4.79 Å². The van der Waals surface area contributed by atoms with Crippen LogP contribution in [-0.2, 0) is 14.2 Å². The fourth-order valence-corrected chi connectivity index (χ4v) is 2.31. The second-order valence-corrected chi connectivity index (χ2v) is 6.47. The van der Waals surface area contributed by atoms with Gasteiger partial charge >= 0.3 is 6.09 Å². The predicted molar refractivity (Wildman–Crippen MR) is 81.2 cm³/mol. The fraction of sp³-hybridized carbons (Fsp3) is 0.933. The van der Waals surface area contributed by atoms with Crippen molar-refractivity contribution in [2.75, 3.05) is 40.4 Å². The van der Waals surface area contributed by atoms with E-state index in [0.717, 1.165) is 32.5 Å². The van der Waals surface area contributed by atoms with Crippen LogP contribution in [0.15, 0.2) is 0 Å². The maximum absolute atomic E-state index is 12.0. The number of hydrogen-bond donors (Lipinski definition) is 1. The highest BCUT2D eigenvalue weighted by Gasteiger charge is 2.26. The Morgan fingerprint density at radius 1 is 1.24 bits per heavy atom. The van der Waals surface area contributed by atoms with Crippen LogP contribution in [0.2, 0.25) is 0 Å². The molecule has 1 rings (SSSR count). The second kappa shape index (κ2) is 8.56. The second-order valence-electron chi connectivity index (χ2n) is 6.47. The van der Waals surface area contributed by atoms with E-state index in [-0.39, 0.29) is 12.4 Å². The van der Waals surface area contributed by atoms with Gasteiger partial charge in [0.25, 0.3) is 0 Å². The quantitative estimate of drug-likeness (QED) is 0.759. The van der Waals surface area contributed by atoms with Crippen molar-refractivity contribution in [3.63, 3.8) is 0 Å². The molecule has 0 bridgehead atoms. The lowest BCUT2D eigenvalue weighted by Gasteiger charge is -2.33. The SMILES string of the molecule is COC(CNCC1CCN(C(=O)OC(C)(C)C)CC1)OC. The molecule has 0 aromatic carbocycles. The van der Waals surface area contributed by atoms with Crippen LogP contribution in [0.3, 0.4) is 0 Å². The van der Waals surface area contributed by atoms with Gasteiger partial charge < -0.3 is 24.4 Å². The molecular weight excluding hydrogens is 272 g/mol. The van der Waals surface area contributed by atoms with Crippen molar-refractivity contribution in [2.45, 2.75) is 45.5 Å². The van der Waals surface area contributed by atoms with Crippen LogP contribution >= 0.6 is 0 Å². The van der Waals surface area contributed by atoms with Crippen LogP contribution in [0, 0.1) is 5.92 Å². The summed E-state index contributed by atoms with van der Waals surface area (Å²) >= 11 is 0. The van der Waals surface area contributed by atoms with E-state index in [2.05, 4.69) is 5.32 Å². The van der Waals surface area contributed by atoms with E-state index in [0.29, 0.717) is 12.5 Å². The minimum Gasteiger partial charge on any atom is -0.444 e. The molecule has 0 atom stereocenters. The summed E-state index contributed by atoms with van der Waals surface area (Å²) in [5, 5.41) is 3.35. The number of nitrogens with one attached hydrogen (secondary N) is 1. The lowest BCUT2D eigenvalue weighted by Crippen LogP contribution is -2.43. The first-order chi connectivity index (χ1) is 9.85. The Kier molecular flexibility index (Phi) is 7.42. The number of nitrogens with zero attached hydrogens (tertiary/aromatic N) is 1. The van der Waals surface area contributed by atoms with E-state index in [1.54, 1.807) is 19.1 Å². The van der Waals surface area contributed by atoms with Gasteiger partial charge in [0.15, 0.2) is 6.29 Å². The summed E-state index contributed by atoms with van der Waals surface area (Å²) in [5.41, 5.74) is -0.426. The van der Waals surface area contributed by atoms with Gasteiger partial charge in [-0.05, 0) is 46.1 Å². The van der Waals surface area contributed by atoms with Crippen molar-refractivity contribution in [3.05, 3.63) is 0 Å². The van der Waals surface area contributed by atoms with Crippen LogP contribution in [0.4, 0.5) is 4.79 Å². The zero-order valence-electron chi connectivity index (χ0n) is 14.0. The van der Waals surface area contributed by atoms with E-state index in [1.807, 2.05) is 20.8 Å². The van der Waals surface area contributed by atoms with Crippen LogP contribution in [0.25, 0.3) is 0 Å². The molecule has 1 saturated heterocycles. The Morgan fingerprint density at radius 2 is 1.81 bits per heavy atom. The first-order valence-corrected chi connectivity index (χ1v) is 7.60. The molecule has 0 saturated carbocycles. The molecule has 0 aromatic heterocycles. The summed E-state index contributed by atoms with van der Waals surface area (Å²) in [6.07, 6.45) is 1.59. The Hall–Kier alpha value is -0.850. The molecule has 0 spiro atoms. The smallest absolute Gasteiger partial charge is 0.410 e. The molecule has 1 N–H and O–H groups in total. The largest absolute Gasteiger partial charge is 0.444 e. The highest BCUT2D eigenvalue weighted by atomic mass is 16.7. The molecule has 1 aliphatic rings. The van der Waals surface area contributed by atoms with E-state index in [9.17, 15) is 4.79 Å². The molecule has 0 aliphatic carbocycles. The monoisotopic (exact) mass is 302 g/mol. The Morgan fingerprint density at radius 3 is 2.29 bits per heavy atom. The lowest BCUT2D eigenvalue weighted by atomic mass is 9.97. The van der Waals surface area contributed by atoms with Gasteiger partial charge in [0.2, 0.25) is 0 Å². The molecule has 6 nitrogen and oxygen atoms in total. The molecule has 0 radical (unpaired) electrons. The maximum atomic E-state index is 12.0. The maximum Gasteiger partial charge on any atom is 0.410 e. The molecule has 1 fully saturated rings. The van der Waals surface area contributed by atoms with Crippen molar-refractivity contribution in [3.8, 4) is 0 Å². The Bertz CT molecular complexity index is 305. The molecule has 21 heavy (non-hydrogen) atoms. The van der Waals surface area contributed by atoms with Crippen LogP contribution in [-0.4, -0.2) is 63.3 Å². The van der Waals surface area contributed by atoms with Crippen molar-refractivity contribution < 1.29 is 19.0 Å². The Labute approximate surface area is 128 Å². The van der Waals surface area contributed by atoms with E-state index < -0.39 is 5.60 Å². The average Bonchev–Trinajstić information content (AvgIpc) is 2.42. The van der Waals surface area contributed by atoms with Gasteiger partial charge in [-0.1, -0.05) is 0 Å². The number of likely N-dealkylation sites (tertiary alicyclic amines) is 1. The zero-order valence-corrected chi connectivity index (χ0v) is 14.0. The van der Waals surface area contributed by atoms with E-state index in [1.165, 1.54) is 0 Å². The highest BCUT2D eigenvalue weighted by Crippen LogP contribution is 2.19. The van der Waals surface area contributed by atoms with Gasteiger partial charge in [0, 0.05) is 33.9 Å². The molecule has 6 heteroatoms. The van der Waals surface area contributed by atoms with Crippen molar-refractivity contribution in [1.82, 2.24) is 10.2 Å². The van der Waals surface area contributed by atoms with Crippen LogP contribution < -0.4 is 5.32 Å². The molecule has 1 amide bonds. The van der Waals surface area contributed by atoms with E-state index in [4.69, 9.17) is 14.2 Å². The molecule has 1 heterocycles. The number of piperidine rings is 1. The summed E-state index contributed by atoms with van der Waals surface area (Å²) in [5.74, 6) is 0.582. The zero-order chi connectivity index (χ0) is 15.9. The summed E-state index contributed by atoms with van der Waals surface area (Å²) in [4.78, 5) is 13.8. The average molecular weight is 302 g/mol. The molecule has 0 unspecified atom stereocenters. The molecule has 1 aliphatic heterocycles. The van der Waals surface area contributed by atoms with Gasteiger partial charge in [-0.15, -0.1) is 0 Å². The first kappa shape index (κ1) is 18.2. The lowest BCUT2D eigenvalue weighted by molar-refractivity contribution is -0.0991. The summed E-state index contributed by atoms with van der Waals surface area (Å²) in [6.45, 7) is 8.81. The molecule has 124 valence electrons. The standard InChI is InChI=1S/C15H30N2O4/c1-15(2,3)21-14(18)17-8-6-12(7-9-17)10-16-11-13(19-4)20-5/h12-13,16H,6-11H2,1-5H3. The predicted octanol–water partition coefficient (Wildman–Crippen LogP) is 1.84. The van der Waals surface area contributed by atoms with Crippen molar-refractivity contribution >= 4 is 6.09 Å². The summed E-state index contributed by atoms with van der Waals surface area (Å²) < 4.78 is 15.7. The minimum atomic E-state index is -0.426. The van der Waals surface area contributed by atoms with Crippen molar-refractivity contribution in [2.24, 2.45) is 5.92 Å². The number of amides is 1. The number of rotatable bonds is 6. The van der Waals surface area contributed by atoms with Crippen LogP contribution in [0.5, 0.6) is 0 Å². The number of hydrogen-bond acceptors (Lipinski definition) is 5. The third kappa shape index (κ3) is 7.11. The van der Waals surface area contributed by atoms with Crippen LogP contribution in [0.1, 0.15) is 33.6 Å². The summed E-state index contributed by atoms with van der Waals surface area (Å²) in [6, 6.07) is 0. The summed E-state index contributed by atoms with van der Waals surface area (Å²) in [7, 11) is 3.27. The van der Waals surface area contributed by atoms with Gasteiger partial charge in [0.1, 0.15) is 5.60 Å². The van der Waals surface area contributed by atoms with Gasteiger partial charge in [0.05, 0.1) is 0 Å². The normalized spacial score (nSPS) is 17.3. The number of carbonyl (C=O) groups is 1. The number of carbonyl (C=O) groups excluding carboxylic acids is 1. The fourth-order valence-electron chi connectivity index (χ4n) is 2.31. The minimum absolute atomic E-state index is 0.201. The molecule has 0 aromatic rings. The third-order valence-electron chi connectivity index (χ3n) is 3.54. The number of methoxy groups -OCH3 is 2. The Balaban J connectivity index is 2.21. The van der Waals surface area contributed by atoms with Gasteiger partial charge in [-0.3, -0.25) is 0 Å². The first-order valence-electron chi connectivity index (χ1n) is 7.60. The molecular formula is C15H30N2O4. The van der Waals surface area contributed by atoms with Gasteiger partial charge in [-0.2, -0.15) is 0 Å². The van der Waals surface area contributed by atoms with E-state index >= 15 is 0 Å². The van der Waals surface area contributed by atoms with Crippen molar-refractivity contribution in [1.29, 1.82) is 0 Å². The third-order valence-corrected chi connectivity index (χ3v) is 3.54. The number of ether oxygens (including phenoxy) is 3. The topological polar surface area (TPSA) is 60.0 Å².